The minimum atomic E-state index is -3.55. The third-order valence-corrected chi connectivity index (χ3v) is 4.87. The van der Waals surface area contributed by atoms with Crippen molar-refractivity contribution in [1.29, 1.82) is 0 Å². The number of aryl methyl sites for hydroxylation is 1. The number of nitrogens with zero attached hydrogens (tertiary/aromatic N) is 2. The van der Waals surface area contributed by atoms with Crippen LogP contribution in [0.4, 0.5) is 5.82 Å². The molecule has 8 heteroatoms. The van der Waals surface area contributed by atoms with Crippen LogP contribution in [0.1, 0.15) is 12.1 Å². The van der Waals surface area contributed by atoms with Gasteiger partial charge in [-0.2, -0.15) is 12.7 Å². The molecule has 1 aromatic heterocycles. The highest BCUT2D eigenvalue weighted by Crippen LogP contribution is 2.17. The maximum atomic E-state index is 12.0. The third kappa shape index (κ3) is 5.06. The summed E-state index contributed by atoms with van der Waals surface area (Å²) in [4.78, 5) is 4.16. The molecule has 0 radical (unpaired) electrons. The van der Waals surface area contributed by atoms with Gasteiger partial charge < -0.3 is 5.32 Å². The first-order valence-electron chi connectivity index (χ1n) is 5.88. The molecule has 0 aliphatic heterocycles. The molecule has 0 aliphatic rings. The fourth-order valence-corrected chi connectivity index (χ4v) is 2.53. The molecule has 0 atom stereocenters. The van der Waals surface area contributed by atoms with Crippen LogP contribution in [0.5, 0.6) is 0 Å². The minimum Gasteiger partial charge on any atom is -0.320 e. The van der Waals surface area contributed by atoms with Gasteiger partial charge in [-0.3, -0.25) is 4.72 Å². The second kappa shape index (κ2) is 7.18. The lowest BCUT2D eigenvalue weighted by atomic mass is 10.4. The van der Waals surface area contributed by atoms with Gasteiger partial charge in [0.05, 0.1) is 5.69 Å². The SMILES string of the molecule is CNCCCN(C)S(=O)(=O)Nc1ccc(Br)c(C)n1. The number of hydrogen-bond acceptors (Lipinski definition) is 4. The van der Waals surface area contributed by atoms with Crippen molar-refractivity contribution in [2.75, 3.05) is 31.9 Å². The summed E-state index contributed by atoms with van der Waals surface area (Å²) in [5.41, 5.74) is 0.734. The van der Waals surface area contributed by atoms with Crippen molar-refractivity contribution in [3.8, 4) is 0 Å². The summed E-state index contributed by atoms with van der Waals surface area (Å²) in [6, 6.07) is 3.39. The van der Waals surface area contributed by atoms with E-state index in [0.717, 1.165) is 23.1 Å². The smallest absolute Gasteiger partial charge is 0.302 e. The molecule has 1 heterocycles. The fraction of sp³-hybridized carbons (Fsp3) is 0.545. The molecular formula is C11H19BrN4O2S. The summed E-state index contributed by atoms with van der Waals surface area (Å²) < 4.78 is 28.7. The van der Waals surface area contributed by atoms with Crippen LogP contribution in [0, 0.1) is 6.92 Å². The van der Waals surface area contributed by atoms with Crippen LogP contribution in [0.3, 0.4) is 0 Å². The molecule has 19 heavy (non-hydrogen) atoms. The summed E-state index contributed by atoms with van der Waals surface area (Å²) in [6.45, 7) is 3.03. The van der Waals surface area contributed by atoms with Crippen molar-refractivity contribution in [2.24, 2.45) is 0 Å². The van der Waals surface area contributed by atoms with Crippen molar-refractivity contribution in [3.05, 3.63) is 22.3 Å². The molecule has 6 nitrogen and oxygen atoms in total. The van der Waals surface area contributed by atoms with E-state index in [1.807, 2.05) is 7.05 Å². The molecule has 0 saturated carbocycles. The first-order chi connectivity index (χ1) is 8.86. The largest absolute Gasteiger partial charge is 0.320 e. The van der Waals surface area contributed by atoms with Gasteiger partial charge in [0.15, 0.2) is 0 Å². The fourth-order valence-electron chi connectivity index (χ4n) is 1.41. The Morgan fingerprint density at radius 1 is 1.42 bits per heavy atom. The van der Waals surface area contributed by atoms with Gasteiger partial charge >= 0.3 is 10.2 Å². The Morgan fingerprint density at radius 2 is 2.11 bits per heavy atom. The van der Waals surface area contributed by atoms with Gasteiger partial charge in [0.1, 0.15) is 5.82 Å². The number of nitrogens with one attached hydrogen (secondary N) is 2. The number of aromatic nitrogens is 1. The lowest BCUT2D eigenvalue weighted by Crippen LogP contribution is -2.34. The van der Waals surface area contributed by atoms with Crippen molar-refractivity contribution in [1.82, 2.24) is 14.6 Å². The average Bonchev–Trinajstić information content (AvgIpc) is 2.33. The average molecular weight is 351 g/mol. The summed E-state index contributed by atoms with van der Waals surface area (Å²) >= 11 is 3.32. The molecular weight excluding hydrogens is 332 g/mol. The van der Waals surface area contributed by atoms with Crippen molar-refractivity contribution in [3.63, 3.8) is 0 Å². The van der Waals surface area contributed by atoms with Crippen LogP contribution >= 0.6 is 15.9 Å². The Balaban J connectivity index is 2.70. The molecule has 0 unspecified atom stereocenters. The predicted molar refractivity (Wildman–Crippen MR) is 80.4 cm³/mol. The lowest BCUT2D eigenvalue weighted by Gasteiger charge is -2.18. The van der Waals surface area contributed by atoms with Crippen molar-refractivity contribution < 1.29 is 8.42 Å². The minimum absolute atomic E-state index is 0.321. The van der Waals surface area contributed by atoms with Crippen LogP contribution < -0.4 is 10.0 Å². The van der Waals surface area contributed by atoms with Crippen LogP contribution in [-0.4, -0.2) is 44.9 Å². The zero-order valence-electron chi connectivity index (χ0n) is 11.3. The highest BCUT2D eigenvalue weighted by molar-refractivity contribution is 9.10. The molecule has 0 amide bonds. The van der Waals surface area contributed by atoms with Gasteiger partial charge in [-0.25, -0.2) is 4.98 Å². The third-order valence-electron chi connectivity index (χ3n) is 2.56. The van der Waals surface area contributed by atoms with Crippen LogP contribution in [0.25, 0.3) is 0 Å². The summed E-state index contributed by atoms with van der Waals surface area (Å²) in [6.07, 6.45) is 0.751. The van der Waals surface area contributed by atoms with E-state index in [1.165, 1.54) is 4.31 Å². The molecule has 0 aromatic carbocycles. The molecule has 2 N–H and O–H groups in total. The second-order valence-corrected chi connectivity index (χ2v) is 6.78. The lowest BCUT2D eigenvalue weighted by molar-refractivity contribution is 0.462. The van der Waals surface area contributed by atoms with Crippen LogP contribution in [0.2, 0.25) is 0 Å². The quantitative estimate of drug-likeness (QED) is 0.728. The molecule has 0 saturated heterocycles. The monoisotopic (exact) mass is 350 g/mol. The molecule has 1 rings (SSSR count). The van der Waals surface area contributed by atoms with E-state index in [0.29, 0.717) is 12.4 Å². The highest BCUT2D eigenvalue weighted by atomic mass is 79.9. The van der Waals surface area contributed by atoms with Crippen molar-refractivity contribution >= 4 is 32.0 Å². The van der Waals surface area contributed by atoms with E-state index < -0.39 is 10.2 Å². The van der Waals surface area contributed by atoms with Crippen LogP contribution in [-0.2, 0) is 10.2 Å². The molecule has 0 fully saturated rings. The molecule has 1 aromatic rings. The van der Waals surface area contributed by atoms with E-state index >= 15 is 0 Å². The van der Waals surface area contributed by atoms with E-state index in [1.54, 1.807) is 26.1 Å². The molecule has 0 aliphatic carbocycles. The predicted octanol–water partition coefficient (Wildman–Crippen LogP) is 1.35. The topological polar surface area (TPSA) is 74.3 Å². The second-order valence-electron chi connectivity index (χ2n) is 4.15. The first kappa shape index (κ1) is 16.4. The maximum absolute atomic E-state index is 12.0. The van der Waals surface area contributed by atoms with E-state index in [9.17, 15) is 8.42 Å². The van der Waals surface area contributed by atoms with Crippen molar-refractivity contribution in [2.45, 2.75) is 13.3 Å². The van der Waals surface area contributed by atoms with Gasteiger partial charge in [-0.05, 0) is 55.0 Å². The normalized spacial score (nSPS) is 11.8. The van der Waals surface area contributed by atoms with Gasteiger partial charge in [0, 0.05) is 18.1 Å². The van der Waals surface area contributed by atoms with E-state index in [4.69, 9.17) is 0 Å². The van der Waals surface area contributed by atoms with Gasteiger partial charge in [0.2, 0.25) is 0 Å². The molecule has 108 valence electrons. The van der Waals surface area contributed by atoms with Gasteiger partial charge in [-0.1, -0.05) is 0 Å². The summed E-state index contributed by atoms with van der Waals surface area (Å²) in [7, 11) is -0.166. The number of hydrogen-bond donors (Lipinski definition) is 2. The summed E-state index contributed by atoms with van der Waals surface area (Å²) in [5.74, 6) is 0.321. The molecule has 0 bridgehead atoms. The molecule has 0 spiro atoms. The van der Waals surface area contributed by atoms with Gasteiger partial charge in [0.25, 0.3) is 0 Å². The van der Waals surface area contributed by atoms with Crippen LogP contribution in [0.15, 0.2) is 16.6 Å². The van der Waals surface area contributed by atoms with E-state index in [-0.39, 0.29) is 0 Å². The summed E-state index contributed by atoms with van der Waals surface area (Å²) in [5, 5.41) is 2.98. The van der Waals surface area contributed by atoms with Gasteiger partial charge in [-0.15, -0.1) is 0 Å². The Kier molecular flexibility index (Phi) is 6.18. The number of rotatable bonds is 7. The zero-order chi connectivity index (χ0) is 14.5. The van der Waals surface area contributed by atoms with E-state index in [2.05, 4.69) is 31.0 Å². The number of halogens is 1. The maximum Gasteiger partial charge on any atom is 0.302 e. The number of pyridine rings is 1. The Labute approximate surface area is 122 Å². The Hall–Kier alpha value is -0.700. The first-order valence-corrected chi connectivity index (χ1v) is 8.12. The number of anilines is 1. The Bertz CT molecular complexity index is 521. The Morgan fingerprint density at radius 3 is 2.68 bits per heavy atom. The standard InChI is InChI=1S/C11H19BrN4O2S/c1-9-10(12)5-6-11(14-9)15-19(17,18)16(3)8-4-7-13-2/h5-6,13H,4,7-8H2,1-3H3,(H,14,15). The zero-order valence-corrected chi connectivity index (χ0v) is 13.7. The highest BCUT2D eigenvalue weighted by Gasteiger charge is 2.17.